The molecule has 6 heteroatoms. The quantitative estimate of drug-likeness (QED) is 0.532. The predicted molar refractivity (Wildman–Crippen MR) is 86.9 cm³/mol. The summed E-state index contributed by atoms with van der Waals surface area (Å²) in [7, 11) is 0. The summed E-state index contributed by atoms with van der Waals surface area (Å²) in [5, 5.41) is 12.9. The van der Waals surface area contributed by atoms with Gasteiger partial charge in [-0.05, 0) is 37.4 Å². The van der Waals surface area contributed by atoms with Crippen molar-refractivity contribution in [3.05, 3.63) is 62.4 Å². The molecule has 0 saturated carbocycles. The van der Waals surface area contributed by atoms with Crippen LogP contribution in [0.1, 0.15) is 23.3 Å². The highest BCUT2D eigenvalue weighted by Gasteiger charge is 2.04. The second-order valence-corrected chi connectivity index (χ2v) is 6.37. The van der Waals surface area contributed by atoms with E-state index in [4.69, 9.17) is 4.42 Å². The number of thiophene rings is 1. The van der Waals surface area contributed by atoms with E-state index >= 15 is 0 Å². The summed E-state index contributed by atoms with van der Waals surface area (Å²) in [6.45, 7) is 4.72. The fraction of sp³-hybridized carbons (Fsp3) is 0.200. The van der Waals surface area contributed by atoms with Crippen molar-refractivity contribution in [2.45, 2.75) is 20.4 Å². The molecule has 3 aromatic heterocycles. The van der Waals surface area contributed by atoms with Crippen LogP contribution < -0.4 is 4.80 Å². The van der Waals surface area contributed by atoms with E-state index < -0.39 is 0 Å². The molecule has 3 heterocycles. The first-order valence-electron chi connectivity index (χ1n) is 6.53. The van der Waals surface area contributed by atoms with Crippen LogP contribution in [-0.4, -0.2) is 10.3 Å². The SMILES string of the molecule is C/C(=N/N=c1/scc(C)n1Cc1ccco1)c1cccs1. The minimum atomic E-state index is 0.675. The monoisotopic (exact) mass is 317 g/mol. The Balaban J connectivity index is 1.92. The lowest BCUT2D eigenvalue weighted by Crippen LogP contribution is -2.16. The molecule has 0 atom stereocenters. The van der Waals surface area contributed by atoms with Crippen LogP contribution in [-0.2, 0) is 6.54 Å². The molecule has 0 amide bonds. The number of furan rings is 1. The Bertz CT molecular complexity index is 792. The van der Waals surface area contributed by atoms with E-state index in [-0.39, 0.29) is 0 Å². The zero-order valence-electron chi connectivity index (χ0n) is 11.8. The number of thiazole rings is 1. The summed E-state index contributed by atoms with van der Waals surface area (Å²) in [6.07, 6.45) is 1.69. The number of rotatable bonds is 4. The first-order chi connectivity index (χ1) is 10.2. The molecule has 0 bridgehead atoms. The Morgan fingerprint density at radius 3 is 2.90 bits per heavy atom. The molecule has 0 spiro atoms. The van der Waals surface area contributed by atoms with Gasteiger partial charge in [-0.15, -0.1) is 27.8 Å². The van der Waals surface area contributed by atoms with Gasteiger partial charge < -0.3 is 8.98 Å². The maximum Gasteiger partial charge on any atom is 0.211 e. The van der Waals surface area contributed by atoms with Gasteiger partial charge in [-0.25, -0.2) is 0 Å². The molecular weight excluding hydrogens is 302 g/mol. The van der Waals surface area contributed by atoms with Crippen LogP contribution in [0.15, 0.2) is 55.9 Å². The molecule has 108 valence electrons. The maximum atomic E-state index is 5.41. The van der Waals surface area contributed by atoms with Crippen molar-refractivity contribution in [2.24, 2.45) is 10.2 Å². The van der Waals surface area contributed by atoms with Crippen molar-refractivity contribution >= 4 is 28.4 Å². The second-order valence-electron chi connectivity index (χ2n) is 4.59. The van der Waals surface area contributed by atoms with E-state index in [0.29, 0.717) is 6.54 Å². The van der Waals surface area contributed by atoms with Gasteiger partial charge in [0.15, 0.2) is 0 Å². The number of aromatic nitrogens is 1. The molecule has 0 aliphatic carbocycles. The fourth-order valence-corrected chi connectivity index (χ4v) is 3.40. The van der Waals surface area contributed by atoms with Gasteiger partial charge in [0.1, 0.15) is 5.76 Å². The van der Waals surface area contributed by atoms with Crippen molar-refractivity contribution in [3.8, 4) is 0 Å². The van der Waals surface area contributed by atoms with Gasteiger partial charge in [0.2, 0.25) is 4.80 Å². The Labute approximate surface area is 130 Å². The predicted octanol–water partition coefficient (Wildman–Crippen LogP) is 3.89. The zero-order chi connectivity index (χ0) is 14.7. The third-order valence-corrected chi connectivity index (χ3v) is 5.00. The Kier molecular flexibility index (Phi) is 4.17. The first-order valence-corrected chi connectivity index (χ1v) is 8.29. The summed E-state index contributed by atoms with van der Waals surface area (Å²) in [6, 6.07) is 7.93. The topological polar surface area (TPSA) is 42.8 Å². The molecule has 3 aromatic rings. The van der Waals surface area contributed by atoms with E-state index in [1.807, 2.05) is 30.5 Å². The molecule has 0 radical (unpaired) electrons. The van der Waals surface area contributed by atoms with Gasteiger partial charge in [0, 0.05) is 11.1 Å². The van der Waals surface area contributed by atoms with Crippen LogP contribution in [0, 0.1) is 6.92 Å². The van der Waals surface area contributed by atoms with Crippen molar-refractivity contribution in [1.29, 1.82) is 0 Å². The van der Waals surface area contributed by atoms with Crippen LogP contribution in [0.3, 0.4) is 0 Å². The smallest absolute Gasteiger partial charge is 0.211 e. The van der Waals surface area contributed by atoms with E-state index in [0.717, 1.165) is 26.8 Å². The standard InChI is InChI=1S/C15H15N3OS2/c1-11-10-21-15(18(11)9-13-5-3-7-19-13)17-16-12(2)14-6-4-8-20-14/h3-8,10H,9H2,1-2H3/b16-12-,17-15+. The van der Waals surface area contributed by atoms with Gasteiger partial charge in [0.05, 0.1) is 23.4 Å². The summed E-state index contributed by atoms with van der Waals surface area (Å²) in [4.78, 5) is 2.02. The lowest BCUT2D eigenvalue weighted by atomic mass is 10.3. The largest absolute Gasteiger partial charge is 0.467 e. The van der Waals surface area contributed by atoms with Crippen molar-refractivity contribution < 1.29 is 4.42 Å². The molecule has 0 N–H and O–H groups in total. The van der Waals surface area contributed by atoms with Gasteiger partial charge in [-0.2, -0.15) is 5.10 Å². The van der Waals surface area contributed by atoms with Crippen LogP contribution in [0.2, 0.25) is 0 Å². The Hall–Kier alpha value is -1.92. The molecule has 3 rings (SSSR count). The molecule has 0 aliphatic heterocycles. The van der Waals surface area contributed by atoms with Crippen LogP contribution in [0.25, 0.3) is 0 Å². The van der Waals surface area contributed by atoms with Crippen molar-refractivity contribution in [3.63, 3.8) is 0 Å². The van der Waals surface area contributed by atoms with Gasteiger partial charge in [-0.3, -0.25) is 0 Å². The molecular formula is C15H15N3OS2. The highest BCUT2D eigenvalue weighted by Crippen LogP contribution is 2.10. The van der Waals surface area contributed by atoms with Gasteiger partial charge >= 0.3 is 0 Å². The number of nitrogens with zero attached hydrogens (tertiary/aromatic N) is 3. The zero-order valence-corrected chi connectivity index (χ0v) is 13.4. The average Bonchev–Trinajstić information content (AvgIpc) is 3.21. The highest BCUT2D eigenvalue weighted by molar-refractivity contribution is 7.12. The molecule has 0 saturated heterocycles. The average molecular weight is 317 g/mol. The summed E-state index contributed by atoms with van der Waals surface area (Å²) < 4.78 is 7.52. The second kappa shape index (κ2) is 6.24. The molecule has 0 aliphatic rings. The number of hydrogen-bond donors (Lipinski definition) is 0. The molecule has 0 unspecified atom stereocenters. The summed E-state index contributed by atoms with van der Waals surface area (Å²) in [5.74, 6) is 0.914. The third-order valence-electron chi connectivity index (χ3n) is 3.05. The van der Waals surface area contributed by atoms with Crippen LogP contribution in [0.4, 0.5) is 0 Å². The minimum absolute atomic E-state index is 0.675. The molecule has 4 nitrogen and oxygen atoms in total. The molecule has 0 aromatic carbocycles. The molecule has 21 heavy (non-hydrogen) atoms. The van der Waals surface area contributed by atoms with E-state index in [1.165, 1.54) is 0 Å². The van der Waals surface area contributed by atoms with Crippen molar-refractivity contribution in [1.82, 2.24) is 4.57 Å². The van der Waals surface area contributed by atoms with Crippen molar-refractivity contribution in [2.75, 3.05) is 0 Å². The van der Waals surface area contributed by atoms with E-state index in [2.05, 4.69) is 33.1 Å². The first kappa shape index (κ1) is 14.0. The fourth-order valence-electron chi connectivity index (χ4n) is 1.90. The van der Waals surface area contributed by atoms with E-state index in [9.17, 15) is 0 Å². The number of aryl methyl sites for hydroxylation is 1. The maximum absolute atomic E-state index is 5.41. The van der Waals surface area contributed by atoms with Crippen LogP contribution in [0.5, 0.6) is 0 Å². The van der Waals surface area contributed by atoms with Gasteiger partial charge in [-0.1, -0.05) is 6.07 Å². The number of hydrogen-bond acceptors (Lipinski definition) is 5. The highest BCUT2D eigenvalue weighted by atomic mass is 32.1. The third kappa shape index (κ3) is 3.22. The molecule has 0 fully saturated rings. The Morgan fingerprint density at radius 1 is 1.29 bits per heavy atom. The normalized spacial score (nSPS) is 13.0. The Morgan fingerprint density at radius 2 is 2.19 bits per heavy atom. The lowest BCUT2D eigenvalue weighted by molar-refractivity contribution is 0.488. The summed E-state index contributed by atoms with van der Waals surface area (Å²) >= 11 is 3.26. The van der Waals surface area contributed by atoms with Gasteiger partial charge in [0.25, 0.3) is 0 Å². The van der Waals surface area contributed by atoms with E-state index in [1.54, 1.807) is 28.9 Å². The van der Waals surface area contributed by atoms with Crippen LogP contribution >= 0.6 is 22.7 Å². The minimum Gasteiger partial charge on any atom is -0.467 e. The lowest BCUT2D eigenvalue weighted by Gasteiger charge is -2.02. The summed E-state index contributed by atoms with van der Waals surface area (Å²) in [5.41, 5.74) is 2.08.